The first kappa shape index (κ1) is 23.2. The van der Waals surface area contributed by atoms with Gasteiger partial charge in [0.1, 0.15) is 0 Å². The molecule has 1 aliphatic heterocycles. The number of nitrogens with one attached hydrogen (secondary N) is 2. The van der Waals surface area contributed by atoms with E-state index in [-0.39, 0.29) is 35.7 Å². The van der Waals surface area contributed by atoms with E-state index in [1.165, 1.54) is 23.1 Å². The summed E-state index contributed by atoms with van der Waals surface area (Å²) >= 11 is 0. The summed E-state index contributed by atoms with van der Waals surface area (Å²) in [4.78, 5) is 39.4. The molecule has 9 heteroatoms. The van der Waals surface area contributed by atoms with E-state index in [2.05, 4.69) is 10.0 Å². The molecule has 4 rings (SSSR count). The van der Waals surface area contributed by atoms with E-state index < -0.39 is 21.8 Å². The van der Waals surface area contributed by atoms with Crippen LogP contribution in [0.25, 0.3) is 0 Å². The van der Waals surface area contributed by atoms with E-state index in [1.807, 2.05) is 30.3 Å². The van der Waals surface area contributed by atoms with Crippen LogP contribution < -0.4 is 10.0 Å². The molecule has 0 radical (unpaired) electrons. The van der Waals surface area contributed by atoms with Gasteiger partial charge in [0.05, 0.1) is 17.4 Å². The van der Waals surface area contributed by atoms with Crippen LogP contribution in [-0.4, -0.2) is 43.8 Å². The first-order valence-corrected chi connectivity index (χ1v) is 12.5. The molecule has 3 amide bonds. The molecule has 8 nitrogen and oxygen atoms in total. The van der Waals surface area contributed by atoms with Crippen LogP contribution in [0, 0.1) is 0 Å². The number of carbonyl (C=O) groups is 3. The van der Waals surface area contributed by atoms with E-state index in [4.69, 9.17) is 0 Å². The van der Waals surface area contributed by atoms with Gasteiger partial charge in [-0.2, -0.15) is 0 Å². The average Bonchev–Trinajstić information content (AvgIpc) is 3.05. The predicted molar refractivity (Wildman–Crippen MR) is 128 cm³/mol. The van der Waals surface area contributed by atoms with Crippen molar-refractivity contribution < 1.29 is 22.8 Å². The molecule has 174 valence electrons. The molecule has 0 fully saturated rings. The van der Waals surface area contributed by atoms with Crippen molar-refractivity contribution in [3.8, 4) is 0 Å². The maximum atomic E-state index is 12.9. The van der Waals surface area contributed by atoms with Crippen molar-refractivity contribution in [3.63, 3.8) is 0 Å². The highest BCUT2D eigenvalue weighted by Gasteiger charge is 2.35. The molecule has 0 saturated carbocycles. The van der Waals surface area contributed by atoms with Crippen molar-refractivity contribution in [1.29, 1.82) is 0 Å². The highest BCUT2D eigenvalue weighted by molar-refractivity contribution is 7.92. The summed E-state index contributed by atoms with van der Waals surface area (Å²) in [6.45, 7) is 0.418. The van der Waals surface area contributed by atoms with Gasteiger partial charge in [0.2, 0.25) is 10.0 Å². The lowest BCUT2D eigenvalue weighted by Crippen LogP contribution is -2.31. The maximum absolute atomic E-state index is 12.9. The zero-order valence-electron chi connectivity index (χ0n) is 18.4. The van der Waals surface area contributed by atoms with Crippen LogP contribution >= 0.6 is 0 Å². The number of carbonyl (C=O) groups excluding carboxylic acids is 3. The third-order valence-electron chi connectivity index (χ3n) is 5.38. The minimum Gasteiger partial charge on any atom is -0.348 e. The molecule has 0 spiro atoms. The summed E-state index contributed by atoms with van der Waals surface area (Å²) in [6.07, 6.45) is 1.61. The lowest BCUT2D eigenvalue weighted by atomic mass is 10.1. The second-order valence-corrected chi connectivity index (χ2v) is 9.76. The maximum Gasteiger partial charge on any atom is 0.261 e. The molecule has 0 bridgehead atoms. The Morgan fingerprint density at radius 3 is 2.29 bits per heavy atom. The summed E-state index contributed by atoms with van der Waals surface area (Å²) < 4.78 is 25.2. The Kier molecular flexibility index (Phi) is 6.47. The van der Waals surface area contributed by atoms with Gasteiger partial charge >= 0.3 is 0 Å². The molecule has 0 unspecified atom stereocenters. The second kappa shape index (κ2) is 9.48. The van der Waals surface area contributed by atoms with Gasteiger partial charge in [-0.15, -0.1) is 0 Å². The van der Waals surface area contributed by atoms with Gasteiger partial charge in [-0.3, -0.25) is 24.0 Å². The Morgan fingerprint density at radius 1 is 0.853 bits per heavy atom. The Labute approximate surface area is 197 Å². The molecule has 0 aromatic heterocycles. The number of sulfonamides is 1. The van der Waals surface area contributed by atoms with E-state index in [0.29, 0.717) is 17.7 Å². The highest BCUT2D eigenvalue weighted by atomic mass is 32.2. The van der Waals surface area contributed by atoms with Crippen molar-refractivity contribution in [2.45, 2.75) is 13.0 Å². The Morgan fingerprint density at radius 2 is 1.56 bits per heavy atom. The second-order valence-electron chi connectivity index (χ2n) is 8.02. The summed E-state index contributed by atoms with van der Waals surface area (Å²) in [5.41, 5.74) is 2.87. The smallest absolute Gasteiger partial charge is 0.261 e. The van der Waals surface area contributed by atoms with Gasteiger partial charge in [-0.05, 0) is 47.9 Å². The van der Waals surface area contributed by atoms with Crippen LogP contribution in [0.5, 0.6) is 0 Å². The third-order valence-corrected chi connectivity index (χ3v) is 5.99. The largest absolute Gasteiger partial charge is 0.348 e. The number of amides is 3. The van der Waals surface area contributed by atoms with Crippen LogP contribution in [0.4, 0.5) is 5.69 Å². The molecule has 0 aliphatic carbocycles. The van der Waals surface area contributed by atoms with Gasteiger partial charge < -0.3 is 5.32 Å². The molecule has 2 N–H and O–H groups in total. The fraction of sp³-hybridized carbons (Fsp3) is 0.160. The molecule has 1 heterocycles. The number of fused-ring (bicyclic) bond motifs is 1. The quantitative estimate of drug-likeness (QED) is 0.485. The SMILES string of the molecule is CS(=O)(=O)Nc1cccc(CNC(=O)c2ccc3c(c2)C(=O)N(CCc2ccccc2)C3=O)c1. The van der Waals surface area contributed by atoms with Crippen molar-refractivity contribution in [2.75, 3.05) is 17.5 Å². The highest BCUT2D eigenvalue weighted by Crippen LogP contribution is 2.24. The summed E-state index contributed by atoms with van der Waals surface area (Å²) in [5, 5.41) is 2.75. The predicted octanol–water partition coefficient (Wildman–Crippen LogP) is 2.83. The van der Waals surface area contributed by atoms with Crippen LogP contribution in [0.15, 0.2) is 72.8 Å². The van der Waals surface area contributed by atoms with Crippen molar-refractivity contribution in [3.05, 3.63) is 101 Å². The van der Waals surface area contributed by atoms with E-state index >= 15 is 0 Å². The zero-order chi connectivity index (χ0) is 24.3. The fourth-order valence-corrected chi connectivity index (χ4v) is 4.32. The fourth-order valence-electron chi connectivity index (χ4n) is 3.76. The molecular weight excluding hydrogens is 454 g/mol. The van der Waals surface area contributed by atoms with Gasteiger partial charge in [-0.25, -0.2) is 8.42 Å². The van der Waals surface area contributed by atoms with Crippen LogP contribution in [0.2, 0.25) is 0 Å². The summed E-state index contributed by atoms with van der Waals surface area (Å²) in [6, 6.07) is 20.7. The summed E-state index contributed by atoms with van der Waals surface area (Å²) in [7, 11) is -3.41. The van der Waals surface area contributed by atoms with E-state index in [9.17, 15) is 22.8 Å². The number of anilines is 1. The minimum atomic E-state index is -3.41. The standard InChI is InChI=1S/C25H23N3O5S/c1-34(32,33)27-20-9-5-8-18(14-20)16-26-23(29)19-10-11-21-22(15-19)25(31)28(24(21)30)13-12-17-6-3-2-4-7-17/h2-11,14-15,27H,12-13,16H2,1H3,(H,26,29). The number of benzene rings is 3. The first-order chi connectivity index (χ1) is 16.2. The van der Waals surface area contributed by atoms with Crippen molar-refractivity contribution in [1.82, 2.24) is 10.2 Å². The Hall–Kier alpha value is -3.98. The van der Waals surface area contributed by atoms with Crippen molar-refractivity contribution in [2.24, 2.45) is 0 Å². The van der Waals surface area contributed by atoms with E-state index in [1.54, 1.807) is 24.3 Å². The monoisotopic (exact) mass is 477 g/mol. The van der Waals surface area contributed by atoms with Gasteiger partial charge in [0.15, 0.2) is 0 Å². The number of imide groups is 1. The van der Waals surface area contributed by atoms with Crippen molar-refractivity contribution >= 4 is 33.4 Å². The number of rotatable bonds is 8. The lowest BCUT2D eigenvalue weighted by Gasteiger charge is -2.13. The number of hydrogen-bond acceptors (Lipinski definition) is 5. The summed E-state index contributed by atoms with van der Waals surface area (Å²) in [5.74, 6) is -1.18. The van der Waals surface area contributed by atoms with Gasteiger partial charge in [-0.1, -0.05) is 42.5 Å². The molecule has 3 aromatic rings. The molecule has 0 saturated heterocycles. The minimum absolute atomic E-state index is 0.158. The molecule has 34 heavy (non-hydrogen) atoms. The molecular formula is C25H23N3O5S. The zero-order valence-corrected chi connectivity index (χ0v) is 19.3. The molecule has 3 aromatic carbocycles. The van der Waals surface area contributed by atoms with Gasteiger partial charge in [0, 0.05) is 24.3 Å². The van der Waals surface area contributed by atoms with E-state index in [0.717, 1.165) is 11.8 Å². The topological polar surface area (TPSA) is 113 Å². The number of nitrogens with zero attached hydrogens (tertiary/aromatic N) is 1. The Balaban J connectivity index is 1.42. The van der Waals surface area contributed by atoms with Gasteiger partial charge in [0.25, 0.3) is 17.7 Å². The normalized spacial score (nSPS) is 13.0. The molecule has 1 aliphatic rings. The van der Waals surface area contributed by atoms with Crippen LogP contribution in [-0.2, 0) is 23.0 Å². The average molecular weight is 478 g/mol. The first-order valence-electron chi connectivity index (χ1n) is 10.6. The van der Waals surface area contributed by atoms with Crippen LogP contribution in [0.3, 0.4) is 0 Å². The molecule has 0 atom stereocenters. The van der Waals surface area contributed by atoms with Crippen LogP contribution in [0.1, 0.15) is 42.2 Å². The third kappa shape index (κ3) is 5.32. The number of hydrogen-bond donors (Lipinski definition) is 2. The lowest BCUT2D eigenvalue weighted by molar-refractivity contribution is 0.0656. The Bertz CT molecular complexity index is 1370.